The molecule has 1 aromatic rings. The molecule has 2 aliphatic heterocycles. The summed E-state index contributed by atoms with van der Waals surface area (Å²) in [6.07, 6.45) is -1.33. The summed E-state index contributed by atoms with van der Waals surface area (Å²) in [5.41, 5.74) is 1.18. The van der Waals surface area contributed by atoms with E-state index in [1.807, 2.05) is 0 Å². The number of ether oxygens (including phenoxy) is 2. The van der Waals surface area contributed by atoms with E-state index in [1.165, 1.54) is 6.92 Å². The van der Waals surface area contributed by atoms with Crippen molar-refractivity contribution in [2.75, 3.05) is 18.5 Å². The molecule has 2 aliphatic rings. The summed E-state index contributed by atoms with van der Waals surface area (Å²) in [6.45, 7) is 2.02. The Hall–Kier alpha value is -1.96. The molecule has 2 fully saturated rings. The van der Waals surface area contributed by atoms with Crippen LogP contribution in [0.5, 0.6) is 0 Å². The second-order valence-electron chi connectivity index (χ2n) is 5.50. The quantitative estimate of drug-likeness (QED) is 0.708. The van der Waals surface area contributed by atoms with Gasteiger partial charge in [-0.15, -0.1) is 0 Å². The van der Waals surface area contributed by atoms with Crippen LogP contribution in [-0.4, -0.2) is 54.5 Å². The van der Waals surface area contributed by atoms with E-state index >= 15 is 0 Å². The summed E-state index contributed by atoms with van der Waals surface area (Å²) in [6, 6.07) is 5.97. The molecule has 2 saturated heterocycles. The van der Waals surface area contributed by atoms with Crippen LogP contribution >= 0.6 is 0 Å². The molecule has 0 aromatic heterocycles. The molecule has 0 spiro atoms. The molecule has 118 valence electrons. The summed E-state index contributed by atoms with van der Waals surface area (Å²) in [5, 5.41) is 15.1. The van der Waals surface area contributed by atoms with Crippen molar-refractivity contribution in [3.8, 4) is 0 Å². The van der Waals surface area contributed by atoms with Gasteiger partial charge in [0, 0.05) is 11.3 Å². The highest BCUT2D eigenvalue weighted by Gasteiger charge is 2.47. The van der Waals surface area contributed by atoms with Gasteiger partial charge in [-0.25, -0.2) is 4.79 Å². The van der Waals surface area contributed by atoms with Crippen LogP contribution in [0.1, 0.15) is 17.3 Å². The van der Waals surface area contributed by atoms with Crippen LogP contribution < -0.4 is 10.6 Å². The van der Waals surface area contributed by atoms with Gasteiger partial charge in [0.25, 0.3) is 0 Å². The van der Waals surface area contributed by atoms with E-state index in [-0.39, 0.29) is 36.7 Å². The zero-order valence-corrected chi connectivity index (χ0v) is 12.1. The highest BCUT2D eigenvalue weighted by atomic mass is 16.6. The van der Waals surface area contributed by atoms with Crippen LogP contribution in [0.25, 0.3) is 0 Å². The number of benzene rings is 1. The lowest BCUT2D eigenvalue weighted by atomic mass is 10.1. The maximum absolute atomic E-state index is 12.0. The smallest absolute Gasteiger partial charge is 0.319 e. The Bertz CT molecular complexity index is 574. The number of carbonyl (C=O) groups excluding carboxylic acids is 2. The van der Waals surface area contributed by atoms with Crippen molar-refractivity contribution >= 4 is 17.5 Å². The number of carbonyl (C=O) groups is 2. The number of Topliss-reactive ketones (excluding diaryl/α,β-unsaturated/α-hetero) is 1. The zero-order valence-electron chi connectivity index (χ0n) is 12.1. The fourth-order valence-corrected chi connectivity index (χ4v) is 2.73. The molecule has 3 N–H and O–H groups in total. The van der Waals surface area contributed by atoms with Gasteiger partial charge in [0.2, 0.25) is 0 Å². The molecular formula is C15H18N2O5. The van der Waals surface area contributed by atoms with Crippen LogP contribution in [0.2, 0.25) is 0 Å². The van der Waals surface area contributed by atoms with E-state index in [4.69, 9.17) is 9.47 Å². The van der Waals surface area contributed by atoms with Crippen LogP contribution in [0.3, 0.4) is 0 Å². The van der Waals surface area contributed by atoms with E-state index in [9.17, 15) is 14.7 Å². The lowest BCUT2D eigenvalue weighted by molar-refractivity contribution is 0.0180. The Morgan fingerprint density at radius 2 is 1.82 bits per heavy atom. The molecule has 4 atom stereocenters. The normalized spacial score (nSPS) is 29.9. The number of rotatable bonds is 3. The fraction of sp³-hybridized carbons (Fsp3) is 0.467. The highest BCUT2D eigenvalue weighted by Crippen LogP contribution is 2.26. The zero-order chi connectivity index (χ0) is 15.7. The van der Waals surface area contributed by atoms with Gasteiger partial charge in [-0.1, -0.05) is 0 Å². The minimum absolute atomic E-state index is 0.0258. The van der Waals surface area contributed by atoms with Crippen molar-refractivity contribution in [3.05, 3.63) is 29.8 Å². The highest BCUT2D eigenvalue weighted by molar-refractivity contribution is 5.95. The number of amides is 2. The Kier molecular flexibility index (Phi) is 4.10. The Morgan fingerprint density at radius 1 is 1.14 bits per heavy atom. The molecule has 0 bridgehead atoms. The summed E-state index contributed by atoms with van der Waals surface area (Å²) in [7, 11) is 0. The lowest BCUT2D eigenvalue weighted by Gasteiger charge is -2.17. The number of fused-ring (bicyclic) bond motifs is 1. The maximum atomic E-state index is 12.0. The second-order valence-corrected chi connectivity index (χ2v) is 5.50. The van der Waals surface area contributed by atoms with Crippen molar-refractivity contribution in [2.24, 2.45) is 0 Å². The van der Waals surface area contributed by atoms with Crippen molar-refractivity contribution in [1.29, 1.82) is 0 Å². The first-order valence-corrected chi connectivity index (χ1v) is 7.14. The molecule has 1 aromatic carbocycles. The largest absolute Gasteiger partial charge is 0.388 e. The number of anilines is 1. The molecule has 0 radical (unpaired) electrons. The number of urea groups is 1. The van der Waals surface area contributed by atoms with E-state index < -0.39 is 6.10 Å². The van der Waals surface area contributed by atoms with Gasteiger partial charge in [-0.3, -0.25) is 4.79 Å². The summed E-state index contributed by atoms with van der Waals surface area (Å²) < 4.78 is 10.9. The van der Waals surface area contributed by atoms with E-state index in [0.29, 0.717) is 17.9 Å². The minimum atomic E-state index is -0.640. The van der Waals surface area contributed by atoms with Crippen molar-refractivity contribution in [2.45, 2.75) is 31.3 Å². The van der Waals surface area contributed by atoms with Crippen molar-refractivity contribution < 1.29 is 24.2 Å². The van der Waals surface area contributed by atoms with Gasteiger partial charge in [0.15, 0.2) is 5.78 Å². The molecule has 0 aliphatic carbocycles. The van der Waals surface area contributed by atoms with Crippen LogP contribution in [0.15, 0.2) is 24.3 Å². The van der Waals surface area contributed by atoms with Crippen molar-refractivity contribution in [1.82, 2.24) is 5.32 Å². The number of aliphatic hydroxyl groups excluding tert-OH is 1. The van der Waals surface area contributed by atoms with Crippen LogP contribution in [0.4, 0.5) is 10.5 Å². The molecule has 0 unspecified atom stereocenters. The van der Waals surface area contributed by atoms with Crippen LogP contribution in [-0.2, 0) is 9.47 Å². The third-order valence-electron chi connectivity index (χ3n) is 3.89. The van der Waals surface area contributed by atoms with E-state index in [2.05, 4.69) is 10.6 Å². The first-order valence-electron chi connectivity index (χ1n) is 7.14. The van der Waals surface area contributed by atoms with Gasteiger partial charge in [0.05, 0.1) is 19.3 Å². The average Bonchev–Trinajstić information content (AvgIpc) is 3.04. The number of aliphatic hydroxyl groups is 1. The Labute approximate surface area is 127 Å². The molecular weight excluding hydrogens is 288 g/mol. The van der Waals surface area contributed by atoms with Gasteiger partial charge in [-0.05, 0) is 31.2 Å². The molecule has 22 heavy (non-hydrogen) atoms. The predicted molar refractivity (Wildman–Crippen MR) is 77.9 cm³/mol. The molecule has 7 heteroatoms. The molecule has 0 saturated carbocycles. The SMILES string of the molecule is CC(=O)c1ccc(NC(=O)N[C@H]2CO[C@H]3[C@@H]2OC[C@H]3O)cc1. The molecule has 2 amide bonds. The van der Waals surface area contributed by atoms with Crippen LogP contribution in [0, 0.1) is 0 Å². The van der Waals surface area contributed by atoms with Gasteiger partial charge < -0.3 is 25.2 Å². The lowest BCUT2D eigenvalue weighted by Crippen LogP contribution is -2.46. The van der Waals surface area contributed by atoms with Gasteiger partial charge >= 0.3 is 6.03 Å². The first-order chi connectivity index (χ1) is 10.5. The molecule has 2 heterocycles. The molecule has 3 rings (SSSR count). The van der Waals surface area contributed by atoms with E-state index in [0.717, 1.165) is 0 Å². The number of nitrogens with one attached hydrogen (secondary N) is 2. The van der Waals surface area contributed by atoms with Gasteiger partial charge in [-0.2, -0.15) is 0 Å². The predicted octanol–water partition coefficient (Wildman–Crippen LogP) is 0.538. The molecule has 7 nitrogen and oxygen atoms in total. The third-order valence-corrected chi connectivity index (χ3v) is 3.89. The summed E-state index contributed by atoms with van der Waals surface area (Å²) >= 11 is 0. The fourth-order valence-electron chi connectivity index (χ4n) is 2.73. The van der Waals surface area contributed by atoms with E-state index in [1.54, 1.807) is 24.3 Å². The standard InChI is InChI=1S/C15H18N2O5/c1-8(18)9-2-4-10(5-3-9)16-15(20)17-11-6-21-14-12(19)7-22-13(11)14/h2-5,11-14,19H,6-7H2,1H3,(H2,16,17,20)/t11-,12+,13+,14+/m0/s1. The summed E-state index contributed by atoms with van der Waals surface area (Å²) in [5.74, 6) is -0.0258. The maximum Gasteiger partial charge on any atom is 0.319 e. The minimum Gasteiger partial charge on any atom is -0.388 e. The Morgan fingerprint density at radius 3 is 2.50 bits per heavy atom. The summed E-state index contributed by atoms with van der Waals surface area (Å²) in [4.78, 5) is 23.2. The topological polar surface area (TPSA) is 96.9 Å². The van der Waals surface area contributed by atoms with Gasteiger partial charge in [0.1, 0.15) is 18.3 Å². The number of hydrogen-bond donors (Lipinski definition) is 3. The third kappa shape index (κ3) is 2.96. The number of ketones is 1. The first kappa shape index (κ1) is 15.0. The average molecular weight is 306 g/mol. The Balaban J connectivity index is 1.55. The second kappa shape index (κ2) is 6.04. The monoisotopic (exact) mass is 306 g/mol. The number of hydrogen-bond acceptors (Lipinski definition) is 5. The van der Waals surface area contributed by atoms with Crippen molar-refractivity contribution in [3.63, 3.8) is 0 Å².